The summed E-state index contributed by atoms with van der Waals surface area (Å²) in [5.74, 6) is -8.91. The number of thiocarbonyl (C=S) groups is 1. The van der Waals surface area contributed by atoms with E-state index in [0.29, 0.717) is 56.9 Å². The quantitative estimate of drug-likeness (QED) is 0.125. The molecular weight excluding hydrogens is 901 g/mol. The van der Waals surface area contributed by atoms with Crippen LogP contribution in [-0.2, 0) is 61.9 Å². The first kappa shape index (κ1) is 56.9. The first-order chi connectivity index (χ1) is 32.1. The van der Waals surface area contributed by atoms with E-state index in [-0.39, 0.29) is 61.4 Å². The van der Waals surface area contributed by atoms with Crippen LogP contribution in [0.25, 0.3) is 0 Å². The van der Waals surface area contributed by atoms with E-state index in [9.17, 15) is 39.0 Å². The zero-order chi connectivity index (χ0) is 50.6. The highest BCUT2D eigenvalue weighted by molar-refractivity contribution is 7.80. The van der Waals surface area contributed by atoms with Gasteiger partial charge in [0.15, 0.2) is 0 Å². The van der Waals surface area contributed by atoms with E-state index in [2.05, 4.69) is 4.74 Å². The average molecular weight is 979 g/mol. The van der Waals surface area contributed by atoms with Crippen LogP contribution >= 0.6 is 12.2 Å². The number of aliphatic hydroxyl groups excluding tert-OH is 1. The summed E-state index contributed by atoms with van der Waals surface area (Å²) in [4.78, 5) is 83.9. The first-order valence-electron chi connectivity index (χ1n) is 24.3. The van der Waals surface area contributed by atoms with Gasteiger partial charge in [0.25, 0.3) is 16.9 Å². The summed E-state index contributed by atoms with van der Waals surface area (Å²) in [6, 6.07) is -1.19. The van der Waals surface area contributed by atoms with E-state index >= 15 is 0 Å². The minimum Gasteiger partial charge on any atom is -0.469 e. The fourth-order valence-corrected chi connectivity index (χ4v) is 10.5. The third-order valence-corrected chi connectivity index (χ3v) is 14.9. The van der Waals surface area contributed by atoms with Crippen LogP contribution in [0.1, 0.15) is 125 Å². The fourth-order valence-electron chi connectivity index (χ4n) is 10.3. The highest BCUT2D eigenvalue weighted by Crippen LogP contribution is 2.39. The smallest absolute Gasteiger partial charge is 0.329 e. The minimum absolute atomic E-state index is 0.00387. The second-order valence-corrected chi connectivity index (χ2v) is 19.9. The number of carbonyl (C=O) groups is 6. The van der Waals surface area contributed by atoms with Gasteiger partial charge in [-0.05, 0) is 108 Å². The summed E-state index contributed by atoms with van der Waals surface area (Å²) in [7, 11) is 7.32. The Morgan fingerprint density at radius 2 is 1.59 bits per heavy atom. The molecule has 3 heterocycles. The lowest BCUT2D eigenvalue weighted by atomic mass is 9.81. The Bertz CT molecular complexity index is 1860. The second kappa shape index (κ2) is 26.0. The van der Waals surface area contributed by atoms with Crippen molar-refractivity contribution in [3.05, 3.63) is 23.3 Å². The topological polar surface area (TPSA) is 214 Å². The van der Waals surface area contributed by atoms with E-state index in [1.165, 1.54) is 33.3 Å². The Morgan fingerprint density at radius 3 is 2.22 bits per heavy atom. The predicted octanol–water partition coefficient (Wildman–Crippen LogP) is 5.19. The maximum atomic E-state index is 14.5. The number of allylic oxidation sites excluding steroid dienone is 3. The molecule has 14 atom stereocenters. The summed E-state index contributed by atoms with van der Waals surface area (Å²) in [6.07, 6.45) is 2.70. The molecule has 4 aliphatic rings. The van der Waals surface area contributed by atoms with Gasteiger partial charge in [-0.25, -0.2) is 4.79 Å². The van der Waals surface area contributed by atoms with E-state index in [4.69, 9.17) is 40.6 Å². The van der Waals surface area contributed by atoms with Gasteiger partial charge < -0.3 is 48.3 Å². The van der Waals surface area contributed by atoms with Gasteiger partial charge in [-0.15, -0.1) is 0 Å². The molecule has 0 radical (unpaired) electrons. The third kappa shape index (κ3) is 14.2. The standard InChI is InChI=1S/C50H78N2O15S/c1-12-34-22-28(2)21-29(3)23-40(62-9)45-41(63-10)25-31(5)50(60,67-45)46(57)47(58)52-20-14-13-15-35(52)48(59)66-44(32(6)36(53)27-37(34)54)30(4)24-33-16-17-38(39(26-33)61-8)65-49(68)51(7)42(55)18-19-43(56)64-11/h22,24,29,31-36,38-41,44-45,53,60H,12-21,23,25-27H2,1-11H3/b28-22+,30-24+/t29-,31+,32+,33-,34+,35-,36-,38+,39+,40-,41-,44+,45+,50+/m0/s1. The largest absolute Gasteiger partial charge is 0.469 e. The Kier molecular flexibility index (Phi) is 21.8. The lowest BCUT2D eigenvalue weighted by molar-refractivity contribution is -0.302. The molecule has 0 aromatic rings. The molecule has 1 aliphatic carbocycles. The molecule has 17 nitrogen and oxygen atoms in total. The van der Waals surface area contributed by atoms with Gasteiger partial charge in [-0.1, -0.05) is 45.4 Å². The fraction of sp³-hybridized carbons (Fsp3) is 0.780. The average Bonchev–Trinajstić information content (AvgIpc) is 3.32. The number of piperidine rings is 1. The number of methoxy groups -OCH3 is 4. The van der Waals surface area contributed by atoms with Crippen molar-refractivity contribution in [2.45, 2.75) is 180 Å². The minimum atomic E-state index is -2.54. The van der Waals surface area contributed by atoms with Gasteiger partial charge in [-0.2, -0.15) is 0 Å². The zero-order valence-electron chi connectivity index (χ0n) is 42.1. The van der Waals surface area contributed by atoms with Crippen molar-refractivity contribution < 1.29 is 72.1 Å². The number of rotatable bonds is 10. The molecule has 2 bridgehead atoms. The lowest BCUT2D eigenvalue weighted by Gasteiger charge is -2.47. The van der Waals surface area contributed by atoms with Gasteiger partial charge in [0.2, 0.25) is 11.7 Å². The number of cyclic esters (lactones) is 1. The lowest BCUT2D eigenvalue weighted by Crippen LogP contribution is -2.64. The maximum absolute atomic E-state index is 14.5. The van der Waals surface area contributed by atoms with Gasteiger partial charge in [-0.3, -0.25) is 28.9 Å². The van der Waals surface area contributed by atoms with Crippen LogP contribution in [0.2, 0.25) is 0 Å². The maximum Gasteiger partial charge on any atom is 0.329 e. The van der Waals surface area contributed by atoms with Gasteiger partial charge in [0.05, 0.1) is 37.9 Å². The van der Waals surface area contributed by atoms with E-state index < -0.39 is 102 Å². The highest BCUT2D eigenvalue weighted by atomic mass is 32.1. The van der Waals surface area contributed by atoms with Crippen LogP contribution in [0.5, 0.6) is 0 Å². The number of fused-ring (bicyclic) bond motifs is 3. The summed E-state index contributed by atoms with van der Waals surface area (Å²) < 4.78 is 40.9. The molecule has 68 heavy (non-hydrogen) atoms. The molecule has 384 valence electrons. The normalized spacial score (nSPS) is 36.0. The second-order valence-electron chi connectivity index (χ2n) is 19.5. The highest BCUT2D eigenvalue weighted by Gasteiger charge is 2.56. The number of hydrogen-bond donors (Lipinski definition) is 2. The molecule has 2 amide bonds. The Hall–Kier alpha value is -3.65. The molecule has 2 N–H and O–H groups in total. The number of Topliss-reactive ketones (excluding diaryl/α,β-unsaturated/α-hetero) is 2. The molecule has 0 aromatic heterocycles. The van der Waals surface area contributed by atoms with Gasteiger partial charge in [0, 0.05) is 65.5 Å². The van der Waals surface area contributed by atoms with Crippen molar-refractivity contribution in [2.24, 2.45) is 29.6 Å². The molecule has 3 fully saturated rings. The van der Waals surface area contributed by atoms with Crippen LogP contribution in [-0.4, -0.2) is 157 Å². The summed E-state index contributed by atoms with van der Waals surface area (Å²) in [6.45, 7) is 11.1. The molecule has 4 rings (SSSR count). The van der Waals surface area contributed by atoms with Gasteiger partial charge in [0.1, 0.15) is 30.1 Å². The molecule has 0 spiro atoms. The monoisotopic (exact) mass is 979 g/mol. The molecule has 2 saturated heterocycles. The number of aliphatic hydroxyl groups is 2. The molecule has 18 heteroatoms. The zero-order valence-corrected chi connectivity index (χ0v) is 42.9. The number of ether oxygens (including phenoxy) is 7. The van der Waals surface area contributed by atoms with Crippen molar-refractivity contribution in [1.29, 1.82) is 0 Å². The van der Waals surface area contributed by atoms with Gasteiger partial charge >= 0.3 is 11.9 Å². The molecule has 0 unspecified atom stereocenters. The Labute approximate surface area is 407 Å². The van der Waals surface area contributed by atoms with E-state index in [1.807, 2.05) is 32.9 Å². The number of esters is 2. The summed E-state index contributed by atoms with van der Waals surface area (Å²) in [5.41, 5.74) is 1.57. The van der Waals surface area contributed by atoms with Crippen LogP contribution in [0.15, 0.2) is 23.3 Å². The van der Waals surface area contributed by atoms with Crippen LogP contribution in [0.3, 0.4) is 0 Å². The number of carbonyl (C=O) groups excluding carboxylic acids is 6. The number of amides is 2. The van der Waals surface area contributed by atoms with Crippen molar-refractivity contribution in [3.8, 4) is 0 Å². The summed E-state index contributed by atoms with van der Waals surface area (Å²) in [5, 5.41) is 23.9. The Balaban J connectivity index is 1.68. The van der Waals surface area contributed by atoms with Crippen molar-refractivity contribution >= 4 is 52.7 Å². The van der Waals surface area contributed by atoms with Crippen molar-refractivity contribution in [1.82, 2.24) is 9.80 Å². The molecule has 1 saturated carbocycles. The number of nitrogens with zero attached hydrogens (tertiary/aromatic N) is 2. The number of hydrogen-bond acceptors (Lipinski definition) is 16. The van der Waals surface area contributed by atoms with Crippen molar-refractivity contribution in [2.75, 3.05) is 42.0 Å². The molecular formula is C50H78N2O15S. The SMILES string of the molecule is CC[C@@H]1/C=C(\C)C[C@H](C)C[C@H](OC)[C@H]2O[C@@](O)(C(=O)C(=O)N3CCCC[C@H]3C(=O)O[C@H](/C(C)=C/[C@@H]3CC[C@@H](OC(=S)N(C)C(=O)CCC(=O)OC)[C@H](OC)C3)[C@H](C)[C@@H](O)CC1=O)[C@H](C)C[C@@H]2OC. The van der Waals surface area contributed by atoms with Crippen LogP contribution < -0.4 is 0 Å². The Morgan fingerprint density at radius 1 is 0.926 bits per heavy atom. The van der Waals surface area contributed by atoms with Crippen LogP contribution in [0, 0.1) is 29.6 Å². The van der Waals surface area contributed by atoms with Crippen molar-refractivity contribution in [3.63, 3.8) is 0 Å². The predicted molar refractivity (Wildman–Crippen MR) is 254 cm³/mol. The molecule has 3 aliphatic heterocycles. The summed E-state index contributed by atoms with van der Waals surface area (Å²) >= 11 is 5.45. The van der Waals surface area contributed by atoms with E-state index in [0.717, 1.165) is 10.5 Å². The number of ketones is 2. The van der Waals surface area contributed by atoms with Crippen LogP contribution in [0.4, 0.5) is 0 Å². The first-order valence-corrected chi connectivity index (χ1v) is 24.7. The molecule has 0 aromatic carbocycles. The third-order valence-electron chi connectivity index (χ3n) is 14.5. The van der Waals surface area contributed by atoms with E-state index in [1.54, 1.807) is 27.9 Å².